The number of halogens is 3. The van der Waals surface area contributed by atoms with E-state index >= 15 is 0 Å². The Morgan fingerprint density at radius 3 is 2.47 bits per heavy atom. The van der Waals surface area contributed by atoms with E-state index in [0.29, 0.717) is 0 Å². The zero-order chi connectivity index (χ0) is 13.2. The second-order valence-corrected chi connectivity index (χ2v) is 3.51. The summed E-state index contributed by atoms with van der Waals surface area (Å²) in [6, 6.07) is 1.77. The summed E-state index contributed by atoms with van der Waals surface area (Å²) in [7, 11) is 2.59. The van der Waals surface area contributed by atoms with Gasteiger partial charge in [0.2, 0.25) is 0 Å². The highest BCUT2D eigenvalue weighted by Crippen LogP contribution is 2.27. The van der Waals surface area contributed by atoms with E-state index in [1.807, 2.05) is 4.98 Å². The van der Waals surface area contributed by atoms with Crippen molar-refractivity contribution in [3.8, 4) is 0 Å². The molecule has 0 aliphatic heterocycles. The zero-order valence-electron chi connectivity index (χ0n) is 8.96. The first kappa shape index (κ1) is 13.7. The van der Waals surface area contributed by atoms with E-state index in [1.165, 1.54) is 14.2 Å². The monoisotopic (exact) mass is 266 g/mol. The van der Waals surface area contributed by atoms with Gasteiger partial charge in [0.05, 0.1) is 12.7 Å². The molecule has 0 aliphatic carbocycles. The van der Waals surface area contributed by atoms with Crippen LogP contribution < -0.4 is 0 Å². The Hall–Kier alpha value is -1.41. The van der Waals surface area contributed by atoms with Crippen LogP contribution in [0.25, 0.3) is 0 Å². The lowest BCUT2D eigenvalue weighted by Crippen LogP contribution is -2.26. The van der Waals surface area contributed by atoms with Crippen LogP contribution in [0.5, 0.6) is 0 Å². The number of alkyl halides is 3. The predicted octanol–water partition coefficient (Wildman–Crippen LogP) is 2.40. The fourth-order valence-electron chi connectivity index (χ4n) is 1.06. The van der Waals surface area contributed by atoms with Gasteiger partial charge in [-0.25, -0.2) is 5.06 Å². The van der Waals surface area contributed by atoms with E-state index in [-0.39, 0.29) is 10.2 Å². The summed E-state index contributed by atoms with van der Waals surface area (Å²) in [5.74, 6) is -0.623. The number of rotatable bonds is 2. The lowest BCUT2D eigenvalue weighted by Gasteiger charge is -2.14. The van der Waals surface area contributed by atoms with Crippen LogP contribution in [-0.2, 0) is 11.0 Å². The molecule has 1 rings (SSSR count). The molecule has 0 radical (unpaired) electrons. The molecule has 8 heteroatoms. The topological polar surface area (TPSA) is 45.3 Å². The number of nitrogens with one attached hydrogen (secondary N) is 1. The number of hydroxylamine groups is 2. The normalized spacial score (nSPS) is 11.4. The minimum atomic E-state index is -4.53. The summed E-state index contributed by atoms with van der Waals surface area (Å²) in [5, 5.41) is 0.867. The molecule has 17 heavy (non-hydrogen) atoms. The van der Waals surface area contributed by atoms with E-state index in [1.54, 1.807) is 0 Å². The molecule has 0 aliphatic rings. The van der Waals surface area contributed by atoms with Gasteiger partial charge in [0.1, 0.15) is 10.3 Å². The third-order valence-corrected chi connectivity index (χ3v) is 2.33. The summed E-state index contributed by atoms with van der Waals surface area (Å²) in [6.07, 6.45) is -4.53. The smallest absolute Gasteiger partial charge is 0.342 e. The minimum absolute atomic E-state index is 0.0580. The van der Waals surface area contributed by atoms with Crippen LogP contribution in [0.1, 0.15) is 16.1 Å². The summed E-state index contributed by atoms with van der Waals surface area (Å²) in [4.78, 5) is 18.2. The molecule has 4 nitrogen and oxygen atoms in total. The van der Waals surface area contributed by atoms with Crippen molar-refractivity contribution in [1.29, 1.82) is 0 Å². The average Bonchev–Trinajstić information content (AvgIpc) is 2.25. The van der Waals surface area contributed by atoms with Crippen molar-refractivity contribution in [2.24, 2.45) is 0 Å². The van der Waals surface area contributed by atoms with Crippen LogP contribution in [0.15, 0.2) is 12.1 Å². The van der Waals surface area contributed by atoms with Gasteiger partial charge in [-0.15, -0.1) is 0 Å². The summed E-state index contributed by atoms with van der Waals surface area (Å²) in [5.41, 5.74) is -1.06. The first-order chi connectivity index (χ1) is 7.77. The molecule has 1 heterocycles. The number of pyridine rings is 1. The van der Waals surface area contributed by atoms with Crippen molar-refractivity contribution >= 4 is 18.1 Å². The average molecular weight is 266 g/mol. The van der Waals surface area contributed by atoms with Gasteiger partial charge in [0.15, 0.2) is 0 Å². The van der Waals surface area contributed by atoms with Gasteiger partial charge in [-0.05, 0) is 12.1 Å². The van der Waals surface area contributed by atoms with E-state index in [4.69, 9.17) is 12.2 Å². The first-order valence-corrected chi connectivity index (χ1v) is 4.81. The Morgan fingerprint density at radius 1 is 1.47 bits per heavy atom. The highest BCUT2D eigenvalue weighted by molar-refractivity contribution is 7.71. The molecule has 0 saturated carbocycles. The van der Waals surface area contributed by atoms with Gasteiger partial charge >= 0.3 is 6.18 Å². The quantitative estimate of drug-likeness (QED) is 0.660. The van der Waals surface area contributed by atoms with Crippen LogP contribution in [-0.4, -0.2) is 30.1 Å². The summed E-state index contributed by atoms with van der Waals surface area (Å²) < 4.78 is 36.7. The maximum atomic E-state index is 12.3. The Labute approximate surface area is 100.0 Å². The standard InChI is InChI=1S/C9H9F3N2O2S/c1-14(16-2)8(15)5-3-4-6(9(10,11)12)13-7(5)17/h3-4H,1-2H3,(H,13,17). The van der Waals surface area contributed by atoms with Crippen LogP contribution >= 0.6 is 12.2 Å². The Kier molecular flexibility index (Phi) is 3.89. The number of carbonyl (C=O) groups is 1. The summed E-state index contributed by atoms with van der Waals surface area (Å²) >= 11 is 4.69. The van der Waals surface area contributed by atoms with E-state index < -0.39 is 17.8 Å². The van der Waals surface area contributed by atoms with E-state index in [2.05, 4.69) is 4.84 Å². The number of hydrogen-bond donors (Lipinski definition) is 1. The van der Waals surface area contributed by atoms with Crippen molar-refractivity contribution in [3.05, 3.63) is 28.0 Å². The van der Waals surface area contributed by atoms with Gasteiger partial charge in [-0.1, -0.05) is 12.2 Å². The van der Waals surface area contributed by atoms with Gasteiger partial charge in [0.25, 0.3) is 5.91 Å². The fourth-order valence-corrected chi connectivity index (χ4v) is 1.33. The second kappa shape index (κ2) is 4.84. The van der Waals surface area contributed by atoms with Crippen LogP contribution in [0.2, 0.25) is 0 Å². The second-order valence-electron chi connectivity index (χ2n) is 3.10. The number of aromatic nitrogens is 1. The van der Waals surface area contributed by atoms with Gasteiger partial charge in [0, 0.05) is 7.05 Å². The number of carbonyl (C=O) groups excluding carboxylic acids is 1. The first-order valence-electron chi connectivity index (χ1n) is 4.40. The lowest BCUT2D eigenvalue weighted by atomic mass is 10.2. The van der Waals surface area contributed by atoms with Crippen molar-refractivity contribution in [2.75, 3.05) is 14.2 Å². The molecule has 0 fully saturated rings. The minimum Gasteiger partial charge on any atom is -0.342 e. The van der Waals surface area contributed by atoms with Crippen molar-refractivity contribution < 1.29 is 22.8 Å². The highest BCUT2D eigenvalue weighted by Gasteiger charge is 2.32. The number of nitrogens with zero attached hydrogens (tertiary/aromatic N) is 1. The van der Waals surface area contributed by atoms with Gasteiger partial charge in [-0.3, -0.25) is 9.63 Å². The molecule has 1 aromatic heterocycles. The van der Waals surface area contributed by atoms with Gasteiger partial charge in [-0.2, -0.15) is 13.2 Å². The largest absolute Gasteiger partial charge is 0.431 e. The third kappa shape index (κ3) is 3.04. The maximum Gasteiger partial charge on any atom is 0.431 e. The van der Waals surface area contributed by atoms with Crippen molar-refractivity contribution in [1.82, 2.24) is 10.0 Å². The Balaban J connectivity index is 3.16. The molecular formula is C9H9F3N2O2S. The molecular weight excluding hydrogens is 257 g/mol. The Bertz CT molecular complexity index is 484. The zero-order valence-corrected chi connectivity index (χ0v) is 9.78. The number of hydrogen-bond acceptors (Lipinski definition) is 3. The van der Waals surface area contributed by atoms with Crippen LogP contribution in [0, 0.1) is 4.64 Å². The van der Waals surface area contributed by atoms with Crippen molar-refractivity contribution in [3.63, 3.8) is 0 Å². The molecule has 0 unspecified atom stereocenters. The molecule has 0 aromatic carbocycles. The van der Waals surface area contributed by atoms with Crippen molar-refractivity contribution in [2.45, 2.75) is 6.18 Å². The molecule has 0 atom stereocenters. The molecule has 1 N–H and O–H groups in total. The Morgan fingerprint density at radius 2 is 2.06 bits per heavy atom. The third-order valence-electron chi connectivity index (χ3n) is 2.01. The summed E-state index contributed by atoms with van der Waals surface area (Å²) in [6.45, 7) is 0. The SMILES string of the molecule is CON(C)C(=O)c1ccc(C(F)(F)F)[nH]c1=S. The van der Waals surface area contributed by atoms with E-state index in [0.717, 1.165) is 17.2 Å². The predicted molar refractivity (Wildman–Crippen MR) is 55.7 cm³/mol. The van der Waals surface area contributed by atoms with Crippen LogP contribution in [0.3, 0.4) is 0 Å². The number of H-pyrrole nitrogens is 1. The lowest BCUT2D eigenvalue weighted by molar-refractivity contribution is -0.141. The fraction of sp³-hybridized carbons (Fsp3) is 0.333. The van der Waals surface area contributed by atoms with Crippen LogP contribution in [0.4, 0.5) is 13.2 Å². The molecule has 0 bridgehead atoms. The van der Waals surface area contributed by atoms with Gasteiger partial charge < -0.3 is 4.98 Å². The highest BCUT2D eigenvalue weighted by atomic mass is 32.1. The molecule has 1 aromatic rings. The molecule has 94 valence electrons. The number of amides is 1. The number of aromatic amines is 1. The molecule has 0 saturated heterocycles. The molecule has 1 amide bonds. The van der Waals surface area contributed by atoms with E-state index in [9.17, 15) is 18.0 Å². The molecule has 0 spiro atoms. The maximum absolute atomic E-state index is 12.3.